The highest BCUT2D eigenvalue weighted by Gasteiger charge is 2.28. The topological polar surface area (TPSA) is 56.2 Å². The zero-order chi connectivity index (χ0) is 16.0. The minimum absolute atomic E-state index is 0.0211. The SMILES string of the molecule is O=C(CCn1cccn1)Nc1ccccc1OCC(F)(F)F. The lowest BCUT2D eigenvalue weighted by atomic mass is 10.2. The van der Waals surface area contributed by atoms with E-state index >= 15 is 0 Å². The number of rotatable bonds is 6. The second kappa shape index (κ2) is 6.97. The van der Waals surface area contributed by atoms with Crippen molar-refractivity contribution in [1.29, 1.82) is 0 Å². The molecule has 2 aromatic rings. The molecule has 118 valence electrons. The number of nitrogens with one attached hydrogen (secondary N) is 1. The highest BCUT2D eigenvalue weighted by molar-refractivity contribution is 5.92. The van der Waals surface area contributed by atoms with Crippen LogP contribution in [0.2, 0.25) is 0 Å². The molecule has 0 fully saturated rings. The number of hydrogen-bond acceptors (Lipinski definition) is 3. The van der Waals surface area contributed by atoms with Crippen LogP contribution in [0.4, 0.5) is 18.9 Å². The van der Waals surface area contributed by atoms with Crippen LogP contribution in [0.1, 0.15) is 6.42 Å². The van der Waals surface area contributed by atoms with Gasteiger partial charge in [-0.25, -0.2) is 0 Å². The normalized spacial score (nSPS) is 11.2. The molecule has 1 amide bonds. The molecule has 0 saturated carbocycles. The smallest absolute Gasteiger partial charge is 0.422 e. The van der Waals surface area contributed by atoms with E-state index in [0.717, 1.165) is 0 Å². The predicted octanol–water partition coefficient (Wildman–Crippen LogP) is 2.85. The van der Waals surface area contributed by atoms with Crippen molar-refractivity contribution in [2.24, 2.45) is 0 Å². The van der Waals surface area contributed by atoms with E-state index < -0.39 is 12.8 Å². The summed E-state index contributed by atoms with van der Waals surface area (Å²) in [5, 5.41) is 6.49. The van der Waals surface area contributed by atoms with Crippen LogP contribution in [0.15, 0.2) is 42.7 Å². The Hall–Kier alpha value is -2.51. The van der Waals surface area contributed by atoms with Gasteiger partial charge in [-0.05, 0) is 18.2 Å². The molecule has 22 heavy (non-hydrogen) atoms. The molecule has 8 heteroatoms. The third kappa shape index (κ3) is 5.12. The summed E-state index contributed by atoms with van der Waals surface area (Å²) in [7, 11) is 0. The number of hydrogen-bond donors (Lipinski definition) is 1. The highest BCUT2D eigenvalue weighted by Crippen LogP contribution is 2.26. The Morgan fingerprint density at radius 1 is 1.27 bits per heavy atom. The van der Waals surface area contributed by atoms with E-state index in [1.54, 1.807) is 29.2 Å². The van der Waals surface area contributed by atoms with Crippen LogP contribution in [0.3, 0.4) is 0 Å². The summed E-state index contributed by atoms with van der Waals surface area (Å²) in [5.41, 5.74) is 0.206. The van der Waals surface area contributed by atoms with E-state index in [-0.39, 0.29) is 23.8 Å². The number of alkyl halides is 3. The fraction of sp³-hybridized carbons (Fsp3) is 0.286. The average Bonchev–Trinajstić information content (AvgIpc) is 2.97. The molecule has 1 aromatic carbocycles. The summed E-state index contributed by atoms with van der Waals surface area (Å²) in [5.74, 6) is -0.356. The van der Waals surface area contributed by atoms with Crippen molar-refractivity contribution in [3.63, 3.8) is 0 Å². The van der Waals surface area contributed by atoms with Crippen molar-refractivity contribution < 1.29 is 22.7 Å². The van der Waals surface area contributed by atoms with Crippen LogP contribution in [0.5, 0.6) is 5.75 Å². The van der Waals surface area contributed by atoms with Gasteiger partial charge in [-0.1, -0.05) is 12.1 Å². The summed E-state index contributed by atoms with van der Waals surface area (Å²) in [6, 6.07) is 7.72. The Morgan fingerprint density at radius 3 is 2.73 bits per heavy atom. The van der Waals surface area contributed by atoms with E-state index in [2.05, 4.69) is 10.4 Å². The van der Waals surface area contributed by atoms with Crippen molar-refractivity contribution in [2.45, 2.75) is 19.1 Å². The fourth-order valence-electron chi connectivity index (χ4n) is 1.72. The molecule has 0 radical (unpaired) electrons. The van der Waals surface area contributed by atoms with Gasteiger partial charge < -0.3 is 10.1 Å². The maximum atomic E-state index is 12.2. The number of nitrogens with zero attached hydrogens (tertiary/aromatic N) is 2. The minimum Gasteiger partial charge on any atom is -0.482 e. The van der Waals surface area contributed by atoms with Crippen LogP contribution in [-0.2, 0) is 11.3 Å². The second-order valence-corrected chi connectivity index (χ2v) is 4.47. The van der Waals surface area contributed by atoms with Crippen molar-refractivity contribution in [3.05, 3.63) is 42.7 Å². The lowest BCUT2D eigenvalue weighted by Gasteiger charge is -2.13. The first-order chi connectivity index (χ1) is 10.4. The number of benzene rings is 1. The van der Waals surface area contributed by atoms with E-state index in [9.17, 15) is 18.0 Å². The molecule has 0 aliphatic rings. The number of carbonyl (C=O) groups is 1. The number of carbonyl (C=O) groups excluding carboxylic acids is 1. The predicted molar refractivity (Wildman–Crippen MR) is 73.5 cm³/mol. The van der Waals surface area contributed by atoms with Gasteiger partial charge in [0.1, 0.15) is 5.75 Å². The molecule has 0 spiro atoms. The Kier molecular flexibility index (Phi) is 5.03. The fourth-order valence-corrected chi connectivity index (χ4v) is 1.72. The minimum atomic E-state index is -4.43. The Labute approximate surface area is 124 Å². The van der Waals surface area contributed by atoms with E-state index in [0.29, 0.717) is 6.54 Å². The molecule has 1 N–H and O–H groups in total. The number of para-hydroxylation sites is 2. The van der Waals surface area contributed by atoms with Crippen LogP contribution in [0.25, 0.3) is 0 Å². The molecule has 1 heterocycles. The Bertz CT molecular complexity index is 612. The van der Waals surface area contributed by atoms with Crippen LogP contribution >= 0.6 is 0 Å². The van der Waals surface area contributed by atoms with Gasteiger partial charge >= 0.3 is 6.18 Å². The van der Waals surface area contributed by atoms with Crippen molar-refractivity contribution >= 4 is 11.6 Å². The van der Waals surface area contributed by atoms with Gasteiger partial charge in [-0.15, -0.1) is 0 Å². The molecule has 2 rings (SSSR count). The van der Waals surface area contributed by atoms with Crippen molar-refractivity contribution in [1.82, 2.24) is 9.78 Å². The van der Waals surface area contributed by atoms with Crippen molar-refractivity contribution in [3.8, 4) is 5.75 Å². The van der Waals surface area contributed by atoms with Crippen molar-refractivity contribution in [2.75, 3.05) is 11.9 Å². The molecule has 0 aliphatic carbocycles. The van der Waals surface area contributed by atoms with Gasteiger partial charge in [-0.2, -0.15) is 18.3 Å². The summed E-state index contributed by atoms with van der Waals surface area (Å²) < 4.78 is 42.9. The zero-order valence-electron chi connectivity index (χ0n) is 11.5. The molecular weight excluding hydrogens is 299 g/mol. The standard InChI is InChI=1S/C14H14F3N3O2/c15-14(16,17)10-22-12-5-2-1-4-11(12)19-13(21)6-9-20-8-3-7-18-20/h1-5,7-8H,6,9-10H2,(H,19,21). The van der Waals surface area contributed by atoms with Crippen LogP contribution in [0, 0.1) is 0 Å². The molecule has 5 nitrogen and oxygen atoms in total. The maximum absolute atomic E-state index is 12.2. The number of aryl methyl sites for hydroxylation is 1. The van der Waals surface area contributed by atoms with E-state index in [1.165, 1.54) is 18.2 Å². The first-order valence-corrected chi connectivity index (χ1v) is 6.50. The lowest BCUT2D eigenvalue weighted by Crippen LogP contribution is -2.20. The molecule has 0 unspecified atom stereocenters. The largest absolute Gasteiger partial charge is 0.482 e. The number of ether oxygens (including phenoxy) is 1. The lowest BCUT2D eigenvalue weighted by molar-refractivity contribution is -0.153. The van der Waals surface area contributed by atoms with Gasteiger partial charge in [0.05, 0.1) is 5.69 Å². The zero-order valence-corrected chi connectivity index (χ0v) is 11.5. The van der Waals surface area contributed by atoms with Crippen LogP contribution < -0.4 is 10.1 Å². The maximum Gasteiger partial charge on any atom is 0.422 e. The number of halogens is 3. The summed E-state index contributed by atoms with van der Waals surface area (Å²) in [6.45, 7) is -1.03. The average molecular weight is 313 g/mol. The van der Waals surface area contributed by atoms with E-state index in [4.69, 9.17) is 4.74 Å². The molecule has 1 aromatic heterocycles. The Balaban J connectivity index is 1.92. The van der Waals surface area contributed by atoms with Crippen LogP contribution in [-0.4, -0.2) is 28.5 Å². The molecule has 0 aliphatic heterocycles. The number of amides is 1. The molecular formula is C14H14F3N3O2. The number of anilines is 1. The first-order valence-electron chi connectivity index (χ1n) is 6.50. The highest BCUT2D eigenvalue weighted by atomic mass is 19.4. The van der Waals surface area contributed by atoms with Gasteiger partial charge in [0, 0.05) is 25.4 Å². The van der Waals surface area contributed by atoms with Gasteiger partial charge in [0.25, 0.3) is 0 Å². The quantitative estimate of drug-likeness (QED) is 0.892. The summed E-state index contributed by atoms with van der Waals surface area (Å²) >= 11 is 0. The second-order valence-electron chi connectivity index (χ2n) is 4.47. The number of aromatic nitrogens is 2. The third-order valence-electron chi connectivity index (χ3n) is 2.68. The molecule has 0 atom stereocenters. The van der Waals surface area contributed by atoms with Gasteiger partial charge in [0.15, 0.2) is 6.61 Å². The summed E-state index contributed by atoms with van der Waals surface area (Å²) in [4.78, 5) is 11.8. The monoisotopic (exact) mass is 313 g/mol. The molecule has 0 bridgehead atoms. The summed E-state index contributed by atoms with van der Waals surface area (Å²) in [6.07, 6.45) is -0.974. The first kappa shape index (κ1) is 15.9. The molecule has 0 saturated heterocycles. The van der Waals surface area contributed by atoms with Gasteiger partial charge in [-0.3, -0.25) is 9.48 Å². The third-order valence-corrected chi connectivity index (χ3v) is 2.68. The Morgan fingerprint density at radius 2 is 2.05 bits per heavy atom. The van der Waals surface area contributed by atoms with Gasteiger partial charge in [0.2, 0.25) is 5.91 Å². The van der Waals surface area contributed by atoms with E-state index in [1.807, 2.05) is 0 Å².